The van der Waals surface area contributed by atoms with E-state index in [1.54, 1.807) is 6.07 Å². The molecular weight excluding hydrogens is 442 g/mol. The summed E-state index contributed by atoms with van der Waals surface area (Å²) in [5.41, 5.74) is 8.53. The Morgan fingerprint density at radius 2 is 2.00 bits per heavy atom. The third-order valence-electron chi connectivity index (χ3n) is 5.49. The Hall–Kier alpha value is -0.820. The highest BCUT2D eigenvalue weighted by Gasteiger charge is 2.22. The van der Waals surface area contributed by atoms with Crippen molar-refractivity contribution in [3.8, 4) is 0 Å². The first-order chi connectivity index (χ1) is 13.5. The molecule has 1 aromatic carbocycles. The average Bonchev–Trinajstić information content (AvgIpc) is 2.69. The van der Waals surface area contributed by atoms with Gasteiger partial charge in [-0.2, -0.15) is 0 Å². The van der Waals surface area contributed by atoms with Gasteiger partial charge in [0.25, 0.3) is 0 Å². The zero-order chi connectivity index (χ0) is 20.5. The minimum Gasteiger partial charge on any atom is -0.461 e. The maximum atomic E-state index is 12.5. The van der Waals surface area contributed by atoms with E-state index in [1.807, 2.05) is 18.0 Å². The van der Waals surface area contributed by atoms with Crippen molar-refractivity contribution in [2.24, 2.45) is 0 Å². The molecule has 0 radical (unpaired) electrons. The maximum absolute atomic E-state index is 12.5. The van der Waals surface area contributed by atoms with E-state index < -0.39 is 0 Å². The van der Waals surface area contributed by atoms with Gasteiger partial charge in [0.2, 0.25) is 0 Å². The first-order valence-electron chi connectivity index (χ1n) is 10.2. The van der Waals surface area contributed by atoms with Crippen LogP contribution in [0.2, 0.25) is 0 Å². The second kappa shape index (κ2) is 12.0. The highest BCUT2D eigenvalue weighted by molar-refractivity contribution is 9.10. The van der Waals surface area contributed by atoms with Crippen molar-refractivity contribution in [3.05, 3.63) is 27.7 Å². The molecule has 158 valence electrons. The minimum atomic E-state index is -0.318. The van der Waals surface area contributed by atoms with E-state index in [2.05, 4.69) is 27.8 Å². The zero-order valence-electron chi connectivity index (χ0n) is 17.1. The topological polar surface area (TPSA) is 58.8 Å². The van der Waals surface area contributed by atoms with Crippen LogP contribution < -0.4 is 5.73 Å². The van der Waals surface area contributed by atoms with E-state index in [0.29, 0.717) is 36.3 Å². The number of nitrogen functional groups attached to an aromatic ring is 1. The van der Waals surface area contributed by atoms with Crippen molar-refractivity contribution in [1.29, 1.82) is 0 Å². The van der Waals surface area contributed by atoms with E-state index in [0.717, 1.165) is 29.7 Å². The van der Waals surface area contributed by atoms with E-state index in [1.165, 1.54) is 32.1 Å². The van der Waals surface area contributed by atoms with Gasteiger partial charge in [0, 0.05) is 36.0 Å². The van der Waals surface area contributed by atoms with Gasteiger partial charge in [0.1, 0.15) is 6.61 Å². The zero-order valence-corrected chi connectivity index (χ0v) is 19.4. The first-order valence-corrected chi connectivity index (χ1v) is 11.5. The molecule has 0 amide bonds. The molecule has 7 heteroatoms. The van der Waals surface area contributed by atoms with Crippen LogP contribution in [0.5, 0.6) is 0 Å². The van der Waals surface area contributed by atoms with Crippen LogP contribution in [-0.4, -0.2) is 61.0 Å². The molecule has 0 unspecified atom stereocenters. The quantitative estimate of drug-likeness (QED) is 0.307. The van der Waals surface area contributed by atoms with Crippen molar-refractivity contribution in [1.82, 2.24) is 9.80 Å². The monoisotopic (exact) mass is 473 g/mol. The Balaban J connectivity index is 2.04. The predicted molar refractivity (Wildman–Crippen MR) is 120 cm³/mol. The highest BCUT2D eigenvalue weighted by Crippen LogP contribution is 2.29. The van der Waals surface area contributed by atoms with Crippen LogP contribution in [0.3, 0.4) is 0 Å². The number of carbonyl (C=O) groups excluding carboxylic acids is 1. The Morgan fingerprint density at radius 1 is 1.29 bits per heavy atom. The normalized spacial score (nSPS) is 15.4. The molecule has 0 saturated heterocycles. The number of likely N-dealkylation sites (N-methyl/N-ethyl adjacent to an activating group) is 1. The summed E-state index contributed by atoms with van der Waals surface area (Å²) in [6, 6.07) is 4.24. The Kier molecular flexibility index (Phi) is 10.1. The van der Waals surface area contributed by atoms with Crippen LogP contribution in [0.15, 0.2) is 16.6 Å². The molecule has 1 aromatic rings. The van der Waals surface area contributed by atoms with E-state index in [9.17, 15) is 4.79 Å². The van der Waals surface area contributed by atoms with Crippen LogP contribution in [-0.2, 0) is 11.3 Å². The molecule has 0 bridgehead atoms. The summed E-state index contributed by atoms with van der Waals surface area (Å²) in [5, 5.41) is 0. The lowest BCUT2D eigenvalue weighted by molar-refractivity contribution is 0.0475. The van der Waals surface area contributed by atoms with Crippen molar-refractivity contribution in [2.45, 2.75) is 51.6 Å². The summed E-state index contributed by atoms with van der Waals surface area (Å²) in [5.74, 6) is 0.245. The van der Waals surface area contributed by atoms with Crippen LogP contribution in [0.25, 0.3) is 0 Å². The number of anilines is 1. The molecule has 0 atom stereocenters. The van der Waals surface area contributed by atoms with Crippen molar-refractivity contribution >= 4 is 39.2 Å². The van der Waals surface area contributed by atoms with Gasteiger partial charge >= 0.3 is 5.97 Å². The van der Waals surface area contributed by atoms with Crippen LogP contribution in [0.4, 0.5) is 5.69 Å². The van der Waals surface area contributed by atoms with Gasteiger partial charge in [-0.1, -0.05) is 26.2 Å². The number of benzene rings is 1. The molecular formula is C21H33BrClN3O2. The van der Waals surface area contributed by atoms with Crippen molar-refractivity contribution in [2.75, 3.05) is 44.9 Å². The molecule has 0 aromatic heterocycles. The molecule has 28 heavy (non-hydrogen) atoms. The number of rotatable bonds is 10. The minimum absolute atomic E-state index is 0.318. The molecule has 1 aliphatic rings. The van der Waals surface area contributed by atoms with Gasteiger partial charge in [0.05, 0.1) is 11.3 Å². The maximum Gasteiger partial charge on any atom is 0.338 e. The second-order valence-corrected chi connectivity index (χ2v) is 8.75. The predicted octanol–water partition coefficient (Wildman–Crippen LogP) is 4.51. The van der Waals surface area contributed by atoms with Gasteiger partial charge in [-0.25, -0.2) is 4.79 Å². The van der Waals surface area contributed by atoms with Gasteiger partial charge < -0.3 is 15.4 Å². The molecule has 2 N–H and O–H groups in total. The number of halogens is 2. The number of ether oxygens (including phenoxy) is 1. The number of alkyl halides is 1. The average molecular weight is 475 g/mol. The van der Waals surface area contributed by atoms with Gasteiger partial charge in [-0.3, -0.25) is 4.90 Å². The van der Waals surface area contributed by atoms with Crippen molar-refractivity contribution in [3.63, 3.8) is 0 Å². The first kappa shape index (κ1) is 23.5. The smallest absolute Gasteiger partial charge is 0.338 e. The Labute approximate surface area is 182 Å². The third-order valence-corrected chi connectivity index (χ3v) is 6.32. The van der Waals surface area contributed by atoms with Gasteiger partial charge in [-0.05, 0) is 60.1 Å². The third kappa shape index (κ3) is 6.90. The molecule has 0 heterocycles. The standard InChI is InChI=1S/C21H33BrClN3O2/c1-3-26(18-7-5-4-6-8-18)15-17-13-16(14-19(22)20(17)24)21(27)28-12-11-25(2)10-9-23/h13-14,18H,3-12,15,24H2,1-2H3. The summed E-state index contributed by atoms with van der Waals surface area (Å²) < 4.78 is 6.19. The number of hydrogen-bond donors (Lipinski definition) is 1. The summed E-state index contributed by atoms with van der Waals surface area (Å²) >= 11 is 9.23. The second-order valence-electron chi connectivity index (χ2n) is 7.51. The lowest BCUT2D eigenvalue weighted by Gasteiger charge is -2.34. The molecule has 0 spiro atoms. The number of nitrogens with two attached hydrogens (primary N) is 1. The van der Waals surface area contributed by atoms with Gasteiger partial charge in [-0.15, -0.1) is 11.6 Å². The lowest BCUT2D eigenvalue weighted by Crippen LogP contribution is -2.36. The summed E-state index contributed by atoms with van der Waals surface area (Å²) in [6.07, 6.45) is 6.41. The molecule has 5 nitrogen and oxygen atoms in total. The summed E-state index contributed by atoms with van der Waals surface area (Å²) in [4.78, 5) is 17.0. The lowest BCUT2D eigenvalue weighted by atomic mass is 9.93. The molecule has 1 saturated carbocycles. The Morgan fingerprint density at radius 3 is 2.64 bits per heavy atom. The molecule has 1 fully saturated rings. The number of carbonyl (C=O) groups is 1. The fraction of sp³-hybridized carbons (Fsp3) is 0.667. The molecule has 0 aliphatic heterocycles. The van der Waals surface area contributed by atoms with Crippen LogP contribution in [0.1, 0.15) is 54.9 Å². The largest absolute Gasteiger partial charge is 0.461 e. The van der Waals surface area contributed by atoms with E-state index in [-0.39, 0.29) is 5.97 Å². The summed E-state index contributed by atoms with van der Waals surface area (Å²) in [7, 11) is 1.96. The SMILES string of the molecule is CCN(Cc1cc(C(=O)OCCN(C)CCCl)cc(Br)c1N)C1CCCCC1. The van der Waals surface area contributed by atoms with Crippen molar-refractivity contribution < 1.29 is 9.53 Å². The van der Waals surface area contributed by atoms with E-state index in [4.69, 9.17) is 22.1 Å². The number of nitrogens with zero attached hydrogens (tertiary/aromatic N) is 2. The fourth-order valence-corrected chi connectivity index (χ4v) is 4.51. The molecule has 1 aliphatic carbocycles. The fourth-order valence-electron chi connectivity index (χ4n) is 3.72. The van der Waals surface area contributed by atoms with Crippen LogP contribution in [0, 0.1) is 0 Å². The van der Waals surface area contributed by atoms with E-state index >= 15 is 0 Å². The highest BCUT2D eigenvalue weighted by atomic mass is 79.9. The van der Waals surface area contributed by atoms with Crippen LogP contribution >= 0.6 is 27.5 Å². The number of esters is 1. The number of hydrogen-bond acceptors (Lipinski definition) is 5. The molecule has 2 rings (SSSR count). The van der Waals surface area contributed by atoms with Gasteiger partial charge in [0.15, 0.2) is 0 Å². The summed E-state index contributed by atoms with van der Waals surface area (Å²) in [6.45, 7) is 5.69. The Bertz CT molecular complexity index is 638.